The molecule has 1 aliphatic heterocycles. The summed E-state index contributed by atoms with van der Waals surface area (Å²) >= 11 is 0. The minimum absolute atomic E-state index is 0.0499. The third-order valence-corrected chi connectivity index (χ3v) is 2.85. The van der Waals surface area contributed by atoms with E-state index in [1.54, 1.807) is 25.3 Å². The smallest absolute Gasteiger partial charge is 0.170 e. The molecule has 1 heterocycles. The van der Waals surface area contributed by atoms with Crippen LogP contribution in [0.4, 0.5) is 5.69 Å². The van der Waals surface area contributed by atoms with Gasteiger partial charge in [-0.15, -0.1) is 0 Å². The van der Waals surface area contributed by atoms with Gasteiger partial charge in [0.15, 0.2) is 5.78 Å². The molecule has 0 aliphatic carbocycles. The number of carbonyl (C=O) groups is 1. The number of nitrogens with two attached hydrogens (primary N) is 1. The summed E-state index contributed by atoms with van der Waals surface area (Å²) in [6, 6.07) is 5.26. The molecule has 0 radical (unpaired) electrons. The van der Waals surface area contributed by atoms with E-state index in [9.17, 15) is 4.79 Å². The Morgan fingerprint density at radius 3 is 3.00 bits per heavy atom. The summed E-state index contributed by atoms with van der Waals surface area (Å²) in [4.78, 5) is 12.1. The van der Waals surface area contributed by atoms with Gasteiger partial charge in [0.25, 0.3) is 0 Å². The molecular weight excluding hydrogens is 206 g/mol. The Morgan fingerprint density at radius 1 is 1.56 bits per heavy atom. The highest BCUT2D eigenvalue weighted by atomic mass is 16.5. The Labute approximate surface area is 94.3 Å². The zero-order chi connectivity index (χ0) is 11.5. The van der Waals surface area contributed by atoms with Gasteiger partial charge >= 0.3 is 0 Å². The number of methoxy groups -OCH3 is 1. The van der Waals surface area contributed by atoms with E-state index in [1.165, 1.54) is 0 Å². The molecule has 86 valence electrons. The molecule has 1 fully saturated rings. The van der Waals surface area contributed by atoms with Crippen LogP contribution in [0, 0.1) is 5.92 Å². The third kappa shape index (κ3) is 1.88. The highest BCUT2D eigenvalue weighted by Gasteiger charge is 2.26. The maximum absolute atomic E-state index is 12.1. The van der Waals surface area contributed by atoms with E-state index in [0.29, 0.717) is 30.2 Å². The molecule has 2 N–H and O–H groups in total. The van der Waals surface area contributed by atoms with Crippen LogP contribution in [-0.2, 0) is 4.74 Å². The second kappa shape index (κ2) is 4.53. The quantitative estimate of drug-likeness (QED) is 0.620. The lowest BCUT2D eigenvalue weighted by molar-refractivity contribution is 0.0901. The lowest BCUT2D eigenvalue weighted by Crippen LogP contribution is -2.16. The first kappa shape index (κ1) is 11.0. The van der Waals surface area contributed by atoms with Gasteiger partial charge in [-0.05, 0) is 18.6 Å². The summed E-state index contributed by atoms with van der Waals surface area (Å²) in [5.41, 5.74) is 6.83. The van der Waals surface area contributed by atoms with Gasteiger partial charge in [-0.1, -0.05) is 6.07 Å². The maximum atomic E-state index is 12.1. The zero-order valence-electron chi connectivity index (χ0n) is 9.23. The van der Waals surface area contributed by atoms with Gasteiger partial charge in [0, 0.05) is 18.1 Å². The van der Waals surface area contributed by atoms with Gasteiger partial charge in [-0.3, -0.25) is 4.79 Å². The SMILES string of the molecule is COc1cccc(C(=O)C2CCOC2)c1N. The van der Waals surface area contributed by atoms with Gasteiger partial charge in [0.05, 0.1) is 19.4 Å². The summed E-state index contributed by atoms with van der Waals surface area (Å²) in [7, 11) is 1.54. The molecule has 1 aromatic rings. The predicted molar refractivity (Wildman–Crippen MR) is 60.7 cm³/mol. The number of benzene rings is 1. The molecule has 0 spiro atoms. The van der Waals surface area contributed by atoms with Crippen LogP contribution in [0.5, 0.6) is 5.75 Å². The number of anilines is 1. The van der Waals surface area contributed by atoms with Gasteiger partial charge < -0.3 is 15.2 Å². The number of hydrogen-bond acceptors (Lipinski definition) is 4. The molecule has 1 aromatic carbocycles. The number of ketones is 1. The van der Waals surface area contributed by atoms with Crippen LogP contribution in [0.1, 0.15) is 16.8 Å². The standard InChI is InChI=1S/C12H15NO3/c1-15-10-4-2-3-9(11(10)13)12(14)8-5-6-16-7-8/h2-4,8H,5-7,13H2,1H3. The molecule has 0 saturated carbocycles. The van der Waals surface area contributed by atoms with E-state index < -0.39 is 0 Å². The Bertz CT molecular complexity index is 397. The minimum Gasteiger partial charge on any atom is -0.495 e. The second-order valence-electron chi connectivity index (χ2n) is 3.85. The van der Waals surface area contributed by atoms with Crippen LogP contribution >= 0.6 is 0 Å². The Kier molecular flexibility index (Phi) is 3.10. The van der Waals surface area contributed by atoms with E-state index in [0.717, 1.165) is 6.42 Å². The van der Waals surface area contributed by atoms with Crippen molar-refractivity contribution in [3.63, 3.8) is 0 Å². The summed E-state index contributed by atoms with van der Waals surface area (Å²) in [6.45, 7) is 1.15. The number of hydrogen-bond donors (Lipinski definition) is 1. The highest BCUT2D eigenvalue weighted by molar-refractivity contribution is 6.03. The molecule has 2 rings (SSSR count). The van der Waals surface area contributed by atoms with Gasteiger partial charge in [-0.25, -0.2) is 0 Å². The van der Waals surface area contributed by atoms with Crippen molar-refractivity contribution in [1.29, 1.82) is 0 Å². The predicted octanol–water partition coefficient (Wildman–Crippen LogP) is 1.50. The summed E-state index contributed by atoms with van der Waals surface area (Å²) in [5.74, 6) is 0.535. The monoisotopic (exact) mass is 221 g/mol. The molecule has 4 nitrogen and oxygen atoms in total. The second-order valence-corrected chi connectivity index (χ2v) is 3.85. The van der Waals surface area contributed by atoms with Gasteiger partial charge in [0.2, 0.25) is 0 Å². The van der Waals surface area contributed by atoms with Crippen molar-refractivity contribution in [2.24, 2.45) is 5.92 Å². The topological polar surface area (TPSA) is 61.5 Å². The lowest BCUT2D eigenvalue weighted by Gasteiger charge is -2.11. The number of rotatable bonds is 3. The number of nitrogen functional groups attached to an aromatic ring is 1. The van der Waals surface area contributed by atoms with Crippen LogP contribution in [0.2, 0.25) is 0 Å². The highest BCUT2D eigenvalue weighted by Crippen LogP contribution is 2.28. The third-order valence-electron chi connectivity index (χ3n) is 2.85. The fraction of sp³-hybridized carbons (Fsp3) is 0.417. The fourth-order valence-electron chi connectivity index (χ4n) is 1.90. The van der Waals surface area contributed by atoms with Crippen LogP contribution in [0.25, 0.3) is 0 Å². The van der Waals surface area contributed by atoms with Crippen molar-refractivity contribution in [1.82, 2.24) is 0 Å². The molecule has 1 unspecified atom stereocenters. The average molecular weight is 221 g/mol. The molecule has 1 aliphatic rings. The molecule has 1 saturated heterocycles. The first-order chi connectivity index (χ1) is 7.74. The number of Topliss-reactive ketones (excluding diaryl/α,β-unsaturated/α-hetero) is 1. The van der Waals surface area contributed by atoms with Crippen LogP contribution in [0.15, 0.2) is 18.2 Å². The molecule has 1 atom stereocenters. The van der Waals surface area contributed by atoms with E-state index in [4.69, 9.17) is 15.2 Å². The molecule has 0 amide bonds. The summed E-state index contributed by atoms with van der Waals surface area (Å²) in [6.07, 6.45) is 0.773. The van der Waals surface area contributed by atoms with E-state index >= 15 is 0 Å². The number of ether oxygens (including phenoxy) is 2. The van der Waals surface area contributed by atoms with Crippen molar-refractivity contribution >= 4 is 11.5 Å². The normalized spacial score (nSPS) is 19.7. The zero-order valence-corrected chi connectivity index (χ0v) is 9.23. The van der Waals surface area contributed by atoms with Crippen LogP contribution in [-0.4, -0.2) is 26.1 Å². The molecule has 16 heavy (non-hydrogen) atoms. The number of carbonyl (C=O) groups excluding carboxylic acids is 1. The van der Waals surface area contributed by atoms with E-state index in [1.807, 2.05) is 0 Å². The lowest BCUT2D eigenvalue weighted by atomic mass is 9.95. The Balaban J connectivity index is 2.29. The van der Waals surface area contributed by atoms with Crippen molar-refractivity contribution in [2.75, 3.05) is 26.1 Å². The van der Waals surface area contributed by atoms with Crippen molar-refractivity contribution in [3.8, 4) is 5.75 Å². The van der Waals surface area contributed by atoms with Gasteiger partial charge in [0.1, 0.15) is 5.75 Å². The summed E-state index contributed by atoms with van der Waals surface area (Å²) < 4.78 is 10.3. The maximum Gasteiger partial charge on any atom is 0.170 e. The van der Waals surface area contributed by atoms with Crippen molar-refractivity contribution in [2.45, 2.75) is 6.42 Å². The van der Waals surface area contributed by atoms with Crippen LogP contribution < -0.4 is 10.5 Å². The molecular formula is C12H15NO3. The molecule has 4 heteroatoms. The Morgan fingerprint density at radius 2 is 2.38 bits per heavy atom. The summed E-state index contributed by atoms with van der Waals surface area (Å²) in [5, 5.41) is 0. The van der Waals surface area contributed by atoms with Crippen molar-refractivity contribution in [3.05, 3.63) is 23.8 Å². The minimum atomic E-state index is -0.0607. The fourth-order valence-corrected chi connectivity index (χ4v) is 1.90. The van der Waals surface area contributed by atoms with E-state index in [2.05, 4.69) is 0 Å². The van der Waals surface area contributed by atoms with Crippen molar-refractivity contribution < 1.29 is 14.3 Å². The Hall–Kier alpha value is -1.55. The van der Waals surface area contributed by atoms with E-state index in [-0.39, 0.29) is 11.7 Å². The first-order valence-electron chi connectivity index (χ1n) is 5.28. The number of para-hydroxylation sites is 1. The average Bonchev–Trinajstić information content (AvgIpc) is 2.82. The molecule has 0 aromatic heterocycles. The molecule has 0 bridgehead atoms. The van der Waals surface area contributed by atoms with Gasteiger partial charge in [-0.2, -0.15) is 0 Å². The first-order valence-corrected chi connectivity index (χ1v) is 5.28. The largest absolute Gasteiger partial charge is 0.495 e. The van der Waals surface area contributed by atoms with Crippen LogP contribution in [0.3, 0.4) is 0 Å².